The minimum absolute atomic E-state index is 0.000720. The van der Waals surface area contributed by atoms with Crippen LogP contribution < -0.4 is 15.4 Å². The summed E-state index contributed by atoms with van der Waals surface area (Å²) in [5.41, 5.74) is 1.63. The van der Waals surface area contributed by atoms with Crippen LogP contribution in [-0.2, 0) is 6.54 Å². The molecule has 8 heteroatoms. The van der Waals surface area contributed by atoms with Crippen molar-refractivity contribution in [3.63, 3.8) is 0 Å². The largest absolute Gasteiger partial charge is 0.487 e. The summed E-state index contributed by atoms with van der Waals surface area (Å²) >= 11 is 0. The summed E-state index contributed by atoms with van der Waals surface area (Å²) in [6, 6.07) is 12.0. The number of benzene rings is 2. The van der Waals surface area contributed by atoms with Crippen molar-refractivity contribution >= 4 is 11.8 Å². The third kappa shape index (κ3) is 7.45. The molecule has 2 aromatic rings. The summed E-state index contributed by atoms with van der Waals surface area (Å²) in [6.45, 7) is 9.74. The summed E-state index contributed by atoms with van der Waals surface area (Å²) in [6.07, 6.45) is 8.80. The van der Waals surface area contributed by atoms with Crippen molar-refractivity contribution in [1.29, 1.82) is 0 Å². The maximum absolute atomic E-state index is 14.3. The smallest absolute Gasteiger partial charge is 0.257 e. The number of nitrogens with zero attached hydrogens (tertiary/aromatic N) is 2. The highest BCUT2D eigenvalue weighted by atomic mass is 19.1. The van der Waals surface area contributed by atoms with Crippen LogP contribution in [0.4, 0.5) is 4.39 Å². The van der Waals surface area contributed by atoms with Gasteiger partial charge in [-0.25, -0.2) is 4.39 Å². The molecule has 0 aromatic heterocycles. The zero-order valence-electron chi connectivity index (χ0n) is 27.0. The number of hydrogen-bond donors (Lipinski definition) is 2. The van der Waals surface area contributed by atoms with Gasteiger partial charge < -0.3 is 20.3 Å². The van der Waals surface area contributed by atoms with E-state index in [1.165, 1.54) is 37.8 Å². The van der Waals surface area contributed by atoms with Crippen LogP contribution in [0.25, 0.3) is 0 Å². The standard InChI is InChI=1S/C36H51FN4O3/c1-25(2)41-22-26(3)32(24-40(4)23-27-14-16-29(37)17-15-27)44-33-30(12-9-13-31(33)35(41)43)34(42)39-36(18-20-38-21-19-36)28-10-7-5-6-8-11-28/h9,12-17,25-26,28,32,38H,5-8,10-11,18-24H2,1-4H3,(H,39,42). The number of likely N-dealkylation sites (N-methyl/N-ethyl adjacent to an activating group) is 1. The van der Waals surface area contributed by atoms with Crippen molar-refractivity contribution in [2.45, 2.75) is 96.4 Å². The first kappa shape index (κ1) is 32.4. The van der Waals surface area contributed by atoms with Gasteiger partial charge in [-0.2, -0.15) is 0 Å². The Morgan fingerprint density at radius 1 is 1.09 bits per heavy atom. The number of nitrogens with one attached hydrogen (secondary N) is 2. The summed E-state index contributed by atoms with van der Waals surface area (Å²) < 4.78 is 20.3. The molecule has 2 atom stereocenters. The molecule has 44 heavy (non-hydrogen) atoms. The van der Waals surface area contributed by atoms with E-state index in [0.29, 0.717) is 42.4 Å². The predicted molar refractivity (Wildman–Crippen MR) is 172 cm³/mol. The van der Waals surface area contributed by atoms with Crippen LogP contribution in [0.15, 0.2) is 42.5 Å². The number of para-hydroxylation sites is 1. The molecule has 2 aliphatic heterocycles. The number of halogens is 1. The van der Waals surface area contributed by atoms with Crippen molar-refractivity contribution in [3.05, 3.63) is 65.0 Å². The highest BCUT2D eigenvalue weighted by molar-refractivity contribution is 6.04. The molecule has 3 aliphatic rings. The fourth-order valence-corrected chi connectivity index (χ4v) is 7.51. The molecule has 2 N–H and O–H groups in total. The topological polar surface area (TPSA) is 73.9 Å². The quantitative estimate of drug-likeness (QED) is 0.359. The molecule has 2 unspecified atom stereocenters. The van der Waals surface area contributed by atoms with Crippen molar-refractivity contribution in [3.8, 4) is 5.75 Å². The van der Waals surface area contributed by atoms with Crippen molar-refractivity contribution in [1.82, 2.24) is 20.4 Å². The summed E-state index contributed by atoms with van der Waals surface area (Å²) in [4.78, 5) is 32.4. The molecule has 1 saturated heterocycles. The second-order valence-electron chi connectivity index (χ2n) is 13.7. The lowest BCUT2D eigenvalue weighted by Crippen LogP contribution is -2.59. The Morgan fingerprint density at radius 2 is 1.77 bits per heavy atom. The summed E-state index contributed by atoms with van der Waals surface area (Å²) in [7, 11) is 2.02. The molecule has 1 saturated carbocycles. The van der Waals surface area contributed by atoms with Crippen molar-refractivity contribution in [2.24, 2.45) is 11.8 Å². The van der Waals surface area contributed by atoms with Crippen LogP contribution in [0, 0.1) is 17.7 Å². The number of carbonyl (C=O) groups is 2. The first-order chi connectivity index (χ1) is 21.2. The number of rotatable bonds is 8. The van der Waals surface area contributed by atoms with Gasteiger partial charge in [-0.3, -0.25) is 14.5 Å². The van der Waals surface area contributed by atoms with Crippen LogP contribution in [0.2, 0.25) is 0 Å². The second kappa shape index (κ2) is 14.4. The number of carbonyl (C=O) groups excluding carboxylic acids is 2. The Hall–Kier alpha value is -2.97. The molecule has 2 aromatic carbocycles. The van der Waals surface area contributed by atoms with E-state index >= 15 is 0 Å². The minimum atomic E-state index is -0.266. The molecule has 0 radical (unpaired) electrons. The lowest BCUT2D eigenvalue weighted by Gasteiger charge is -2.45. The number of fused-ring (bicyclic) bond motifs is 1. The van der Waals surface area contributed by atoms with Gasteiger partial charge in [-0.1, -0.05) is 50.8 Å². The van der Waals surface area contributed by atoms with Crippen LogP contribution >= 0.6 is 0 Å². The average Bonchev–Trinajstić information content (AvgIpc) is 3.30. The Kier molecular flexibility index (Phi) is 10.6. The monoisotopic (exact) mass is 606 g/mol. The molecular weight excluding hydrogens is 555 g/mol. The van der Waals surface area contributed by atoms with Gasteiger partial charge >= 0.3 is 0 Å². The molecule has 2 heterocycles. The molecule has 7 nitrogen and oxygen atoms in total. The van der Waals surface area contributed by atoms with E-state index in [-0.39, 0.29) is 41.2 Å². The van der Waals surface area contributed by atoms with Gasteiger partial charge in [-0.05, 0) is 95.4 Å². The summed E-state index contributed by atoms with van der Waals surface area (Å²) in [5, 5.41) is 7.05. The molecule has 0 spiro atoms. The van der Waals surface area contributed by atoms with E-state index in [2.05, 4.69) is 22.5 Å². The van der Waals surface area contributed by atoms with Gasteiger partial charge in [0.15, 0.2) is 0 Å². The molecule has 2 fully saturated rings. The first-order valence-electron chi connectivity index (χ1n) is 16.7. The minimum Gasteiger partial charge on any atom is -0.487 e. The second-order valence-corrected chi connectivity index (χ2v) is 13.7. The maximum Gasteiger partial charge on any atom is 0.257 e. The number of ether oxygens (including phenoxy) is 1. The van der Waals surface area contributed by atoms with E-state index in [0.717, 1.165) is 44.3 Å². The Balaban J connectivity index is 1.46. The van der Waals surface area contributed by atoms with Crippen LogP contribution in [0.5, 0.6) is 5.75 Å². The molecule has 0 bridgehead atoms. The van der Waals surface area contributed by atoms with Gasteiger partial charge in [0.05, 0.1) is 11.1 Å². The number of amides is 2. The van der Waals surface area contributed by atoms with Gasteiger partial charge in [0.25, 0.3) is 11.8 Å². The van der Waals surface area contributed by atoms with Gasteiger partial charge in [0.2, 0.25) is 0 Å². The zero-order valence-corrected chi connectivity index (χ0v) is 27.0. The van der Waals surface area contributed by atoms with Crippen molar-refractivity contribution < 1.29 is 18.7 Å². The lowest BCUT2D eigenvalue weighted by atomic mass is 9.73. The van der Waals surface area contributed by atoms with Gasteiger partial charge in [0, 0.05) is 37.1 Å². The number of piperidine rings is 1. The SMILES string of the molecule is CC1CN(C(C)C)C(=O)c2cccc(C(=O)NC3(C4CCCCCC4)CCNCC3)c2OC1CN(C)Cc1ccc(F)cc1. The van der Waals surface area contributed by atoms with Gasteiger partial charge in [0.1, 0.15) is 17.7 Å². The fraction of sp³-hybridized carbons (Fsp3) is 0.611. The normalized spacial score (nSPS) is 23.0. The van der Waals surface area contributed by atoms with Gasteiger partial charge in [-0.15, -0.1) is 0 Å². The maximum atomic E-state index is 14.3. The predicted octanol–water partition coefficient (Wildman–Crippen LogP) is 6.03. The summed E-state index contributed by atoms with van der Waals surface area (Å²) in [5.74, 6) is 0.354. The molecule has 1 aliphatic carbocycles. The Bertz CT molecular complexity index is 1270. The van der Waals surface area contributed by atoms with Crippen LogP contribution in [0.1, 0.15) is 98.4 Å². The Morgan fingerprint density at radius 3 is 2.43 bits per heavy atom. The third-order valence-electron chi connectivity index (χ3n) is 10.1. The van der Waals surface area contributed by atoms with E-state index < -0.39 is 0 Å². The zero-order chi connectivity index (χ0) is 31.3. The van der Waals surface area contributed by atoms with E-state index in [9.17, 15) is 14.0 Å². The molecule has 2 amide bonds. The molecule has 240 valence electrons. The third-order valence-corrected chi connectivity index (χ3v) is 10.1. The van der Waals surface area contributed by atoms with E-state index in [1.807, 2.05) is 37.9 Å². The van der Waals surface area contributed by atoms with Crippen LogP contribution in [0.3, 0.4) is 0 Å². The van der Waals surface area contributed by atoms with Crippen molar-refractivity contribution in [2.75, 3.05) is 33.2 Å². The van der Waals surface area contributed by atoms with E-state index in [4.69, 9.17) is 4.74 Å². The fourth-order valence-electron chi connectivity index (χ4n) is 7.51. The highest BCUT2D eigenvalue weighted by Gasteiger charge is 2.42. The Labute approximate surface area is 262 Å². The lowest BCUT2D eigenvalue weighted by molar-refractivity contribution is 0.0425. The number of hydrogen-bond acceptors (Lipinski definition) is 5. The highest BCUT2D eigenvalue weighted by Crippen LogP contribution is 2.38. The molecular formula is C36H51FN4O3. The molecule has 5 rings (SSSR count). The average molecular weight is 607 g/mol. The first-order valence-corrected chi connectivity index (χ1v) is 16.7. The van der Waals surface area contributed by atoms with E-state index in [1.54, 1.807) is 18.2 Å². The van der Waals surface area contributed by atoms with Crippen LogP contribution in [-0.4, -0.2) is 72.5 Å².